The van der Waals surface area contributed by atoms with E-state index in [9.17, 15) is 4.79 Å². The molecule has 3 heterocycles. The molecule has 1 amide bonds. The highest BCUT2D eigenvalue weighted by molar-refractivity contribution is 7.98. The number of nitrogens with zero attached hydrogens (tertiary/aromatic N) is 6. The van der Waals surface area contributed by atoms with Gasteiger partial charge in [-0.1, -0.05) is 57.4 Å². The van der Waals surface area contributed by atoms with E-state index in [1.165, 1.54) is 16.4 Å². The molecule has 5 rings (SSSR count). The van der Waals surface area contributed by atoms with Gasteiger partial charge >= 0.3 is 5.84 Å². The third-order valence-electron chi connectivity index (χ3n) is 4.30. The summed E-state index contributed by atoms with van der Waals surface area (Å²) in [6, 6.07) is 12.5. The summed E-state index contributed by atoms with van der Waals surface area (Å²) < 4.78 is 9.00. The highest BCUT2D eigenvalue weighted by Crippen LogP contribution is 2.27. The molecule has 0 bridgehead atoms. The molecule has 3 aromatic heterocycles. The minimum atomic E-state index is -0.272. The van der Waals surface area contributed by atoms with Crippen LogP contribution in [0.2, 0.25) is 10.0 Å². The highest BCUT2D eigenvalue weighted by atomic mass is 35.5. The van der Waals surface area contributed by atoms with Gasteiger partial charge in [0.15, 0.2) is 10.7 Å². The Hall–Kier alpha value is -3.08. The van der Waals surface area contributed by atoms with Crippen LogP contribution in [0.1, 0.15) is 5.69 Å². The van der Waals surface area contributed by atoms with E-state index in [4.69, 9.17) is 27.6 Å². The molecule has 156 valence electrons. The molecule has 1 N–H and O–H groups in total. The predicted octanol–water partition coefficient (Wildman–Crippen LogP) is 4.30. The third-order valence-corrected chi connectivity index (χ3v) is 5.70. The summed E-state index contributed by atoms with van der Waals surface area (Å²) in [6.07, 6.45) is 1.71. The van der Waals surface area contributed by atoms with Crippen LogP contribution in [0.25, 0.3) is 16.9 Å². The first-order valence-electron chi connectivity index (χ1n) is 9.05. The van der Waals surface area contributed by atoms with Crippen molar-refractivity contribution >= 4 is 63.5 Å². The Labute approximate surface area is 189 Å². The monoisotopic (exact) mass is 473 g/mol. The van der Waals surface area contributed by atoms with Crippen LogP contribution in [0, 0.1) is 0 Å². The lowest BCUT2D eigenvalue weighted by molar-refractivity contribution is -0.116. The number of rotatable bonds is 6. The van der Waals surface area contributed by atoms with Gasteiger partial charge in [-0.25, -0.2) is 9.08 Å². The topological polar surface area (TPSA) is 103 Å². The van der Waals surface area contributed by atoms with Crippen LogP contribution in [0.5, 0.6) is 0 Å². The van der Waals surface area contributed by atoms with Gasteiger partial charge < -0.3 is 9.73 Å². The summed E-state index contributed by atoms with van der Waals surface area (Å²) in [5.74, 6) is 0.669. The molecule has 0 spiro atoms. The van der Waals surface area contributed by atoms with Crippen molar-refractivity contribution in [3.63, 3.8) is 0 Å². The van der Waals surface area contributed by atoms with Gasteiger partial charge in [-0.3, -0.25) is 4.79 Å². The SMILES string of the molecule is O=C(Cn1cc(CSc2nnc3oc4ccccc4n23)nn1)Nc1cc(Cl)cc(Cl)c1. The fourth-order valence-corrected chi connectivity index (χ4v) is 4.38. The molecule has 5 aromatic rings. The quantitative estimate of drug-likeness (QED) is 0.366. The molecule has 31 heavy (non-hydrogen) atoms. The van der Waals surface area contributed by atoms with Crippen LogP contribution in [0.3, 0.4) is 0 Å². The molecule has 0 unspecified atom stereocenters. The Morgan fingerprint density at radius 2 is 1.90 bits per heavy atom. The number of hydrogen-bond donors (Lipinski definition) is 1. The maximum Gasteiger partial charge on any atom is 0.328 e. The smallest absolute Gasteiger partial charge is 0.328 e. The number of carbonyl (C=O) groups excluding carboxylic acids is 1. The summed E-state index contributed by atoms with van der Waals surface area (Å²) in [5.41, 5.74) is 2.85. The molecular formula is C19H13Cl2N7O2S. The molecular weight excluding hydrogens is 461 g/mol. The van der Waals surface area contributed by atoms with Crippen molar-refractivity contribution in [3.8, 4) is 0 Å². The minimum absolute atomic E-state index is 0.00332. The minimum Gasteiger partial charge on any atom is -0.422 e. The van der Waals surface area contributed by atoms with E-state index in [0.29, 0.717) is 38.2 Å². The van der Waals surface area contributed by atoms with Crippen molar-refractivity contribution < 1.29 is 9.21 Å². The molecule has 2 aromatic carbocycles. The average molecular weight is 474 g/mol. The second kappa shape index (κ2) is 8.22. The number of fused-ring (bicyclic) bond motifs is 3. The summed E-state index contributed by atoms with van der Waals surface area (Å²) >= 11 is 13.4. The number of thioether (sulfide) groups is 1. The van der Waals surface area contributed by atoms with Crippen LogP contribution < -0.4 is 5.32 Å². The van der Waals surface area contributed by atoms with E-state index >= 15 is 0 Å². The van der Waals surface area contributed by atoms with E-state index in [2.05, 4.69) is 25.8 Å². The van der Waals surface area contributed by atoms with E-state index in [-0.39, 0.29) is 12.5 Å². The number of aromatic nitrogens is 6. The number of amides is 1. The molecule has 0 atom stereocenters. The number of hydrogen-bond acceptors (Lipinski definition) is 7. The number of oxazole rings is 1. The molecule has 9 nitrogen and oxygen atoms in total. The summed E-state index contributed by atoms with van der Waals surface area (Å²) in [7, 11) is 0. The maximum atomic E-state index is 12.3. The van der Waals surface area contributed by atoms with E-state index in [0.717, 1.165) is 11.1 Å². The van der Waals surface area contributed by atoms with E-state index < -0.39 is 0 Å². The third kappa shape index (κ3) is 4.22. The second-order valence-corrected chi connectivity index (χ2v) is 8.39. The number of para-hydroxylation sites is 2. The van der Waals surface area contributed by atoms with Gasteiger partial charge in [0, 0.05) is 27.7 Å². The van der Waals surface area contributed by atoms with E-state index in [1.54, 1.807) is 24.4 Å². The van der Waals surface area contributed by atoms with Crippen LogP contribution in [-0.4, -0.2) is 35.5 Å². The van der Waals surface area contributed by atoms with Gasteiger partial charge in [0.2, 0.25) is 5.91 Å². The maximum absolute atomic E-state index is 12.3. The Balaban J connectivity index is 1.24. The Kier molecular flexibility index (Phi) is 5.26. The summed E-state index contributed by atoms with van der Waals surface area (Å²) in [6.45, 7) is 0.00332. The Morgan fingerprint density at radius 1 is 1.10 bits per heavy atom. The van der Waals surface area contributed by atoms with Crippen molar-refractivity contribution in [2.24, 2.45) is 0 Å². The first-order chi connectivity index (χ1) is 15.0. The zero-order valence-electron chi connectivity index (χ0n) is 15.7. The van der Waals surface area contributed by atoms with Gasteiger partial charge in [0.05, 0.1) is 11.2 Å². The summed E-state index contributed by atoms with van der Waals surface area (Å²) in [4.78, 5) is 12.3. The predicted molar refractivity (Wildman–Crippen MR) is 117 cm³/mol. The molecule has 0 aliphatic heterocycles. The Bertz CT molecular complexity index is 1390. The second-order valence-electron chi connectivity index (χ2n) is 6.57. The average Bonchev–Trinajstić information content (AvgIpc) is 3.41. The number of anilines is 1. The first kappa shape index (κ1) is 19.9. The molecule has 0 fully saturated rings. The van der Waals surface area contributed by atoms with Crippen LogP contribution in [0.15, 0.2) is 58.2 Å². The standard InChI is InChI=1S/C19H13Cl2N7O2S/c20-11-5-12(21)7-13(6-11)22-17(29)9-27-8-14(23-26-27)10-31-19-25-24-18-28(19)15-3-1-2-4-16(15)30-18/h1-8H,9-10H2,(H,22,29). The van der Waals surface area contributed by atoms with Gasteiger partial charge in [0.1, 0.15) is 6.54 Å². The zero-order valence-corrected chi connectivity index (χ0v) is 18.0. The van der Waals surface area contributed by atoms with Crippen molar-refractivity contribution in [2.45, 2.75) is 17.5 Å². The van der Waals surface area contributed by atoms with Crippen LogP contribution in [0.4, 0.5) is 5.69 Å². The largest absolute Gasteiger partial charge is 0.422 e. The molecule has 0 radical (unpaired) electrons. The van der Waals surface area contributed by atoms with E-state index in [1.807, 2.05) is 28.7 Å². The number of benzene rings is 2. The zero-order chi connectivity index (χ0) is 21.4. The van der Waals surface area contributed by atoms with Gasteiger partial charge in [-0.05, 0) is 30.3 Å². The lowest BCUT2D eigenvalue weighted by atomic mass is 10.3. The molecule has 0 aliphatic carbocycles. The lowest BCUT2D eigenvalue weighted by Crippen LogP contribution is -2.19. The fraction of sp³-hybridized carbons (Fsp3) is 0.105. The molecule has 12 heteroatoms. The highest BCUT2D eigenvalue weighted by Gasteiger charge is 2.15. The normalized spacial score (nSPS) is 11.4. The first-order valence-corrected chi connectivity index (χ1v) is 10.8. The van der Waals surface area contributed by atoms with Crippen molar-refractivity contribution in [1.29, 1.82) is 0 Å². The van der Waals surface area contributed by atoms with Crippen molar-refractivity contribution in [1.82, 2.24) is 29.6 Å². The molecule has 0 saturated heterocycles. The van der Waals surface area contributed by atoms with Crippen LogP contribution >= 0.6 is 35.0 Å². The lowest BCUT2D eigenvalue weighted by Gasteiger charge is -2.06. The number of carbonyl (C=O) groups is 1. The van der Waals surface area contributed by atoms with Crippen molar-refractivity contribution in [2.75, 3.05) is 5.32 Å². The number of nitrogens with one attached hydrogen (secondary N) is 1. The van der Waals surface area contributed by atoms with Gasteiger partial charge in [-0.15, -0.1) is 10.2 Å². The number of halogens is 2. The molecule has 0 saturated carbocycles. The van der Waals surface area contributed by atoms with Crippen molar-refractivity contribution in [3.05, 3.63) is 64.4 Å². The Morgan fingerprint density at radius 3 is 2.74 bits per heavy atom. The molecule has 0 aliphatic rings. The van der Waals surface area contributed by atoms with Gasteiger partial charge in [0.25, 0.3) is 0 Å². The summed E-state index contributed by atoms with van der Waals surface area (Å²) in [5, 5.41) is 20.7. The fourth-order valence-electron chi connectivity index (χ4n) is 3.04. The van der Waals surface area contributed by atoms with Gasteiger partial charge in [-0.2, -0.15) is 0 Å². The van der Waals surface area contributed by atoms with Crippen LogP contribution in [-0.2, 0) is 17.1 Å².